The van der Waals surface area contributed by atoms with E-state index in [0.29, 0.717) is 21.7 Å². The van der Waals surface area contributed by atoms with E-state index >= 15 is 0 Å². The van der Waals surface area contributed by atoms with Gasteiger partial charge in [0, 0.05) is 23.6 Å². The third-order valence-electron chi connectivity index (χ3n) is 2.79. The number of rotatable bonds is 4. The molecule has 2 aromatic rings. The first-order chi connectivity index (χ1) is 9.97. The van der Waals surface area contributed by atoms with E-state index in [1.165, 1.54) is 19.1 Å². The van der Waals surface area contributed by atoms with E-state index in [1.807, 2.05) is 24.3 Å². The van der Waals surface area contributed by atoms with Gasteiger partial charge in [-0.1, -0.05) is 29.8 Å². The van der Waals surface area contributed by atoms with Crippen LogP contribution in [0.25, 0.3) is 0 Å². The van der Waals surface area contributed by atoms with Crippen LogP contribution in [0, 0.1) is 5.82 Å². The molecular formula is C15H13BrClFN2O. The quantitative estimate of drug-likeness (QED) is 0.809. The monoisotopic (exact) mass is 370 g/mol. The van der Waals surface area contributed by atoms with Crippen LogP contribution in [-0.2, 0) is 11.3 Å². The fourth-order valence-corrected chi connectivity index (χ4v) is 2.84. The third-order valence-corrected chi connectivity index (χ3v) is 3.71. The molecular weight excluding hydrogens is 359 g/mol. The fraction of sp³-hybridized carbons (Fsp3) is 0.133. The minimum atomic E-state index is -0.406. The number of anilines is 2. The summed E-state index contributed by atoms with van der Waals surface area (Å²) in [4.78, 5) is 11.2. The Morgan fingerprint density at radius 1 is 1.33 bits per heavy atom. The molecule has 0 atom stereocenters. The molecule has 0 aliphatic heterocycles. The SMILES string of the molecule is CC(=O)Nc1ccccc1CNc1c(Cl)cc(F)cc1Br. The van der Waals surface area contributed by atoms with Crippen molar-refractivity contribution in [2.24, 2.45) is 0 Å². The molecule has 0 radical (unpaired) electrons. The molecule has 0 aliphatic rings. The zero-order valence-corrected chi connectivity index (χ0v) is 13.6. The fourth-order valence-electron chi connectivity index (χ4n) is 1.88. The number of nitrogens with one attached hydrogen (secondary N) is 2. The number of benzene rings is 2. The molecule has 0 spiro atoms. The van der Waals surface area contributed by atoms with Crippen molar-refractivity contribution in [1.29, 1.82) is 0 Å². The van der Waals surface area contributed by atoms with Gasteiger partial charge in [-0.05, 0) is 39.7 Å². The van der Waals surface area contributed by atoms with Crippen LogP contribution in [0.3, 0.4) is 0 Å². The van der Waals surface area contributed by atoms with Gasteiger partial charge in [0.2, 0.25) is 5.91 Å². The van der Waals surface area contributed by atoms with Crippen LogP contribution in [0.2, 0.25) is 5.02 Å². The van der Waals surface area contributed by atoms with Crippen molar-refractivity contribution >= 4 is 44.8 Å². The van der Waals surface area contributed by atoms with Crippen LogP contribution < -0.4 is 10.6 Å². The van der Waals surface area contributed by atoms with Crippen LogP contribution in [0.4, 0.5) is 15.8 Å². The molecule has 2 N–H and O–H groups in total. The number of halogens is 3. The average molecular weight is 372 g/mol. The van der Waals surface area contributed by atoms with Gasteiger partial charge >= 0.3 is 0 Å². The van der Waals surface area contributed by atoms with E-state index < -0.39 is 5.82 Å². The minimum absolute atomic E-state index is 0.136. The second kappa shape index (κ2) is 6.91. The van der Waals surface area contributed by atoms with Gasteiger partial charge in [-0.2, -0.15) is 0 Å². The van der Waals surface area contributed by atoms with E-state index in [0.717, 1.165) is 11.3 Å². The van der Waals surface area contributed by atoms with E-state index in [9.17, 15) is 9.18 Å². The first-order valence-corrected chi connectivity index (χ1v) is 7.38. The lowest BCUT2D eigenvalue weighted by atomic mass is 10.1. The molecule has 0 saturated heterocycles. The van der Waals surface area contributed by atoms with Crippen LogP contribution in [0.15, 0.2) is 40.9 Å². The van der Waals surface area contributed by atoms with Crippen LogP contribution >= 0.6 is 27.5 Å². The van der Waals surface area contributed by atoms with E-state index in [-0.39, 0.29) is 5.91 Å². The smallest absolute Gasteiger partial charge is 0.221 e. The van der Waals surface area contributed by atoms with Crippen molar-refractivity contribution < 1.29 is 9.18 Å². The maximum absolute atomic E-state index is 13.2. The van der Waals surface area contributed by atoms with Crippen molar-refractivity contribution in [3.8, 4) is 0 Å². The molecule has 0 unspecified atom stereocenters. The first-order valence-electron chi connectivity index (χ1n) is 6.21. The zero-order valence-electron chi connectivity index (χ0n) is 11.2. The van der Waals surface area contributed by atoms with Crippen molar-refractivity contribution in [3.63, 3.8) is 0 Å². The topological polar surface area (TPSA) is 41.1 Å². The minimum Gasteiger partial charge on any atom is -0.379 e. The Balaban J connectivity index is 2.19. The maximum Gasteiger partial charge on any atom is 0.221 e. The largest absolute Gasteiger partial charge is 0.379 e. The molecule has 0 fully saturated rings. The second-order valence-electron chi connectivity index (χ2n) is 4.44. The molecule has 2 aromatic carbocycles. The summed E-state index contributed by atoms with van der Waals surface area (Å²) in [6.45, 7) is 1.90. The van der Waals surface area contributed by atoms with Gasteiger partial charge in [-0.3, -0.25) is 4.79 Å². The Morgan fingerprint density at radius 2 is 2.05 bits per heavy atom. The van der Waals surface area contributed by atoms with Crippen molar-refractivity contribution in [2.75, 3.05) is 10.6 Å². The lowest BCUT2D eigenvalue weighted by molar-refractivity contribution is -0.114. The average Bonchev–Trinajstić information content (AvgIpc) is 2.38. The summed E-state index contributed by atoms with van der Waals surface area (Å²) in [6.07, 6.45) is 0. The number of amides is 1. The Kier molecular flexibility index (Phi) is 5.20. The van der Waals surface area contributed by atoms with Crippen LogP contribution in [0.5, 0.6) is 0 Å². The summed E-state index contributed by atoms with van der Waals surface area (Å²) in [6, 6.07) is 10.0. The summed E-state index contributed by atoms with van der Waals surface area (Å²) >= 11 is 9.30. The first kappa shape index (κ1) is 15.8. The third kappa shape index (κ3) is 4.19. The van der Waals surface area contributed by atoms with E-state index in [1.54, 1.807) is 0 Å². The van der Waals surface area contributed by atoms with E-state index in [2.05, 4.69) is 26.6 Å². The van der Waals surface area contributed by atoms with Gasteiger partial charge < -0.3 is 10.6 Å². The summed E-state index contributed by atoms with van der Waals surface area (Å²) < 4.78 is 13.7. The highest BCUT2D eigenvalue weighted by Crippen LogP contribution is 2.32. The molecule has 0 aliphatic carbocycles. The number of para-hydroxylation sites is 1. The molecule has 1 amide bonds. The van der Waals surface area contributed by atoms with Gasteiger partial charge in [0.25, 0.3) is 0 Å². The van der Waals surface area contributed by atoms with Crippen LogP contribution in [-0.4, -0.2) is 5.91 Å². The Morgan fingerprint density at radius 3 is 2.71 bits per heavy atom. The summed E-state index contributed by atoms with van der Waals surface area (Å²) in [7, 11) is 0. The molecule has 6 heteroatoms. The standard InChI is InChI=1S/C15H13BrClFN2O/c1-9(21)20-14-5-3-2-4-10(14)8-19-15-12(16)6-11(18)7-13(15)17/h2-7,19H,8H2,1H3,(H,20,21). The predicted molar refractivity (Wildman–Crippen MR) is 87.2 cm³/mol. The normalized spacial score (nSPS) is 10.3. The van der Waals surface area contributed by atoms with Crippen molar-refractivity contribution in [3.05, 3.63) is 57.3 Å². The molecule has 3 nitrogen and oxygen atoms in total. The zero-order chi connectivity index (χ0) is 15.4. The van der Waals surface area contributed by atoms with Gasteiger partial charge in [0.1, 0.15) is 5.82 Å². The number of hydrogen-bond acceptors (Lipinski definition) is 2. The molecule has 2 rings (SSSR count). The maximum atomic E-state index is 13.2. The number of carbonyl (C=O) groups is 1. The van der Waals surface area contributed by atoms with Crippen molar-refractivity contribution in [1.82, 2.24) is 0 Å². The molecule has 0 saturated carbocycles. The lowest BCUT2D eigenvalue weighted by Crippen LogP contribution is -2.10. The van der Waals surface area contributed by atoms with Gasteiger partial charge in [0.05, 0.1) is 10.7 Å². The summed E-state index contributed by atoms with van der Waals surface area (Å²) in [5.74, 6) is -0.542. The Labute approximate surface area is 135 Å². The summed E-state index contributed by atoms with van der Waals surface area (Å²) in [5, 5.41) is 6.20. The molecule has 21 heavy (non-hydrogen) atoms. The van der Waals surface area contributed by atoms with Gasteiger partial charge in [0.15, 0.2) is 0 Å². The highest BCUT2D eigenvalue weighted by molar-refractivity contribution is 9.10. The number of hydrogen-bond donors (Lipinski definition) is 2. The highest BCUT2D eigenvalue weighted by atomic mass is 79.9. The second-order valence-corrected chi connectivity index (χ2v) is 5.70. The van der Waals surface area contributed by atoms with Crippen molar-refractivity contribution in [2.45, 2.75) is 13.5 Å². The van der Waals surface area contributed by atoms with Crippen LogP contribution in [0.1, 0.15) is 12.5 Å². The lowest BCUT2D eigenvalue weighted by Gasteiger charge is -2.14. The highest BCUT2D eigenvalue weighted by Gasteiger charge is 2.09. The molecule has 110 valence electrons. The Bertz CT molecular complexity index is 655. The van der Waals surface area contributed by atoms with Gasteiger partial charge in [-0.25, -0.2) is 4.39 Å². The Hall–Kier alpha value is -1.59. The molecule has 0 heterocycles. The predicted octanol–water partition coefficient (Wildman–Crippen LogP) is 4.81. The summed E-state index contributed by atoms with van der Waals surface area (Å²) in [5.41, 5.74) is 2.24. The molecule has 0 bridgehead atoms. The van der Waals surface area contributed by atoms with E-state index in [4.69, 9.17) is 11.6 Å². The molecule has 0 aromatic heterocycles. The number of carbonyl (C=O) groups excluding carboxylic acids is 1. The van der Waals surface area contributed by atoms with Gasteiger partial charge in [-0.15, -0.1) is 0 Å².